The number of carbonyl (C=O) groups excluding carboxylic acids is 1. The van der Waals surface area contributed by atoms with Gasteiger partial charge in [0.05, 0.1) is 24.9 Å². The first-order valence-electron chi connectivity index (χ1n) is 9.66. The molecule has 1 unspecified atom stereocenters. The fourth-order valence-corrected chi connectivity index (χ4v) is 3.80. The van der Waals surface area contributed by atoms with E-state index in [9.17, 15) is 14.0 Å². The van der Waals surface area contributed by atoms with Crippen LogP contribution in [0.4, 0.5) is 4.39 Å². The van der Waals surface area contributed by atoms with E-state index in [0.29, 0.717) is 17.9 Å². The van der Waals surface area contributed by atoms with Crippen LogP contribution in [0.1, 0.15) is 40.0 Å². The lowest BCUT2D eigenvalue weighted by Crippen LogP contribution is -2.30. The van der Waals surface area contributed by atoms with Gasteiger partial charge in [0.1, 0.15) is 11.4 Å². The van der Waals surface area contributed by atoms with Crippen molar-refractivity contribution in [3.63, 3.8) is 0 Å². The van der Waals surface area contributed by atoms with Gasteiger partial charge in [0.15, 0.2) is 0 Å². The standard InChI is InChI=1S/C23H21FN2O4/c1-29-22(28)16-3-8-20(25-14-16)15-26-11-9-18(13-21(26)27)23(10-2-12-30-23)17-4-6-19(24)7-5-17/h3-9,11,13-14H,2,10,12,15H2,1H3. The van der Waals surface area contributed by atoms with Gasteiger partial charge < -0.3 is 14.0 Å². The zero-order valence-electron chi connectivity index (χ0n) is 16.5. The minimum atomic E-state index is -0.744. The predicted octanol–water partition coefficient (Wildman–Crippen LogP) is 3.27. The summed E-state index contributed by atoms with van der Waals surface area (Å²) in [5.74, 6) is -0.772. The second kappa shape index (κ2) is 8.20. The smallest absolute Gasteiger partial charge is 0.339 e. The van der Waals surface area contributed by atoms with Crippen LogP contribution < -0.4 is 5.56 Å². The molecule has 0 amide bonds. The van der Waals surface area contributed by atoms with Crippen molar-refractivity contribution in [1.29, 1.82) is 0 Å². The first-order valence-corrected chi connectivity index (χ1v) is 9.66. The van der Waals surface area contributed by atoms with E-state index in [1.807, 2.05) is 6.07 Å². The third-order valence-electron chi connectivity index (χ3n) is 5.37. The molecule has 0 spiro atoms. The summed E-state index contributed by atoms with van der Waals surface area (Å²) in [5, 5.41) is 0. The number of esters is 1. The lowest BCUT2D eigenvalue weighted by atomic mass is 9.84. The molecule has 6 nitrogen and oxygen atoms in total. The molecule has 30 heavy (non-hydrogen) atoms. The molecular formula is C23H21FN2O4. The molecule has 0 N–H and O–H groups in total. The summed E-state index contributed by atoms with van der Waals surface area (Å²) < 4.78 is 25.7. The Kier molecular flexibility index (Phi) is 5.46. The maximum Gasteiger partial charge on any atom is 0.339 e. The summed E-state index contributed by atoms with van der Waals surface area (Å²) in [6, 6.07) is 13.0. The molecular weight excluding hydrogens is 387 g/mol. The predicted molar refractivity (Wildman–Crippen MR) is 108 cm³/mol. The molecule has 2 aromatic heterocycles. The molecule has 1 aromatic carbocycles. The summed E-state index contributed by atoms with van der Waals surface area (Å²) in [5.41, 5.74) is 1.64. The highest BCUT2D eigenvalue weighted by atomic mass is 19.1. The molecule has 0 saturated carbocycles. The van der Waals surface area contributed by atoms with Crippen LogP contribution >= 0.6 is 0 Å². The van der Waals surface area contributed by atoms with Crippen LogP contribution in [0.3, 0.4) is 0 Å². The number of hydrogen-bond acceptors (Lipinski definition) is 5. The minimum Gasteiger partial charge on any atom is -0.465 e. The molecule has 7 heteroatoms. The van der Waals surface area contributed by atoms with Gasteiger partial charge in [0.2, 0.25) is 0 Å². The monoisotopic (exact) mass is 408 g/mol. The molecule has 0 bridgehead atoms. The number of halogens is 1. The van der Waals surface area contributed by atoms with E-state index in [0.717, 1.165) is 24.0 Å². The number of rotatable bonds is 5. The Morgan fingerprint density at radius 2 is 2.00 bits per heavy atom. The molecule has 4 rings (SSSR count). The Balaban J connectivity index is 1.61. The van der Waals surface area contributed by atoms with Crippen LogP contribution in [-0.2, 0) is 21.6 Å². The van der Waals surface area contributed by atoms with Crippen LogP contribution in [0.15, 0.2) is 65.7 Å². The average molecular weight is 408 g/mol. The van der Waals surface area contributed by atoms with Crippen LogP contribution in [0.2, 0.25) is 0 Å². The number of hydrogen-bond donors (Lipinski definition) is 0. The van der Waals surface area contributed by atoms with Gasteiger partial charge in [-0.15, -0.1) is 0 Å². The Morgan fingerprint density at radius 1 is 1.20 bits per heavy atom. The van der Waals surface area contributed by atoms with Crippen molar-refractivity contribution in [1.82, 2.24) is 9.55 Å². The highest BCUT2D eigenvalue weighted by Gasteiger charge is 2.39. The van der Waals surface area contributed by atoms with Gasteiger partial charge in [-0.05, 0) is 54.3 Å². The van der Waals surface area contributed by atoms with Crippen molar-refractivity contribution in [3.05, 3.63) is 99.5 Å². The molecule has 3 heterocycles. The van der Waals surface area contributed by atoms with Crippen molar-refractivity contribution < 1.29 is 18.7 Å². The zero-order chi connectivity index (χ0) is 21.1. The van der Waals surface area contributed by atoms with E-state index in [2.05, 4.69) is 9.72 Å². The highest BCUT2D eigenvalue weighted by Crippen LogP contribution is 2.41. The molecule has 0 radical (unpaired) electrons. The van der Waals surface area contributed by atoms with Gasteiger partial charge in [0, 0.05) is 25.1 Å². The number of pyridine rings is 2. The summed E-state index contributed by atoms with van der Waals surface area (Å²) in [4.78, 5) is 28.5. The average Bonchev–Trinajstić information content (AvgIpc) is 3.27. The quantitative estimate of drug-likeness (QED) is 0.606. The van der Waals surface area contributed by atoms with E-state index in [-0.39, 0.29) is 17.9 Å². The Bertz CT molecular complexity index is 1100. The number of methoxy groups -OCH3 is 1. The highest BCUT2D eigenvalue weighted by molar-refractivity contribution is 5.88. The van der Waals surface area contributed by atoms with Crippen molar-refractivity contribution in [2.75, 3.05) is 13.7 Å². The van der Waals surface area contributed by atoms with E-state index >= 15 is 0 Å². The number of carbonyl (C=O) groups is 1. The third-order valence-corrected chi connectivity index (χ3v) is 5.37. The number of nitrogens with zero attached hydrogens (tertiary/aromatic N) is 2. The van der Waals surface area contributed by atoms with E-state index in [4.69, 9.17) is 4.74 Å². The van der Waals surface area contributed by atoms with Gasteiger partial charge in [0.25, 0.3) is 5.56 Å². The molecule has 154 valence electrons. The number of aromatic nitrogens is 2. The summed E-state index contributed by atoms with van der Waals surface area (Å²) in [7, 11) is 1.31. The van der Waals surface area contributed by atoms with Crippen LogP contribution in [0, 0.1) is 5.82 Å². The maximum absolute atomic E-state index is 13.4. The zero-order valence-corrected chi connectivity index (χ0v) is 16.5. The topological polar surface area (TPSA) is 70.4 Å². The third kappa shape index (κ3) is 3.76. The molecule has 0 aliphatic carbocycles. The molecule has 1 aliphatic heterocycles. The fourth-order valence-electron chi connectivity index (χ4n) is 3.80. The van der Waals surface area contributed by atoms with Gasteiger partial charge in [-0.2, -0.15) is 0 Å². The summed E-state index contributed by atoms with van der Waals surface area (Å²) in [6.07, 6.45) is 4.71. The Morgan fingerprint density at radius 3 is 2.60 bits per heavy atom. The van der Waals surface area contributed by atoms with Crippen LogP contribution in [-0.4, -0.2) is 29.2 Å². The van der Waals surface area contributed by atoms with Gasteiger partial charge in [-0.25, -0.2) is 9.18 Å². The normalized spacial score (nSPS) is 18.3. The first kappa shape index (κ1) is 20.0. The molecule has 1 fully saturated rings. The summed E-state index contributed by atoms with van der Waals surface area (Å²) in [6.45, 7) is 0.849. The van der Waals surface area contributed by atoms with Crippen molar-refractivity contribution in [3.8, 4) is 0 Å². The van der Waals surface area contributed by atoms with Crippen LogP contribution in [0.5, 0.6) is 0 Å². The lowest BCUT2D eigenvalue weighted by Gasteiger charge is -2.29. The lowest BCUT2D eigenvalue weighted by molar-refractivity contribution is 0.0357. The second-order valence-electron chi connectivity index (χ2n) is 7.20. The van der Waals surface area contributed by atoms with Crippen LogP contribution in [0.25, 0.3) is 0 Å². The second-order valence-corrected chi connectivity index (χ2v) is 7.20. The SMILES string of the molecule is COC(=O)c1ccc(Cn2ccc(C3(c4ccc(F)cc4)CCCO3)cc2=O)nc1. The van der Waals surface area contributed by atoms with Gasteiger partial charge in [-0.3, -0.25) is 9.78 Å². The van der Waals surface area contributed by atoms with E-state index < -0.39 is 11.6 Å². The molecule has 1 aliphatic rings. The molecule has 1 atom stereocenters. The molecule has 1 saturated heterocycles. The maximum atomic E-state index is 13.4. The Hall–Kier alpha value is -3.32. The Labute approximate surface area is 172 Å². The number of ether oxygens (including phenoxy) is 2. The van der Waals surface area contributed by atoms with Gasteiger partial charge >= 0.3 is 5.97 Å². The van der Waals surface area contributed by atoms with E-state index in [1.165, 1.54) is 30.0 Å². The summed E-state index contributed by atoms with van der Waals surface area (Å²) >= 11 is 0. The first-order chi connectivity index (χ1) is 14.5. The minimum absolute atomic E-state index is 0.191. The van der Waals surface area contributed by atoms with Crippen molar-refractivity contribution >= 4 is 5.97 Å². The fraction of sp³-hybridized carbons (Fsp3) is 0.261. The molecule has 3 aromatic rings. The van der Waals surface area contributed by atoms with Gasteiger partial charge in [-0.1, -0.05) is 12.1 Å². The number of benzene rings is 1. The van der Waals surface area contributed by atoms with Crippen molar-refractivity contribution in [2.24, 2.45) is 0 Å². The van der Waals surface area contributed by atoms with Crippen molar-refractivity contribution in [2.45, 2.75) is 25.0 Å². The largest absolute Gasteiger partial charge is 0.465 e. The van der Waals surface area contributed by atoms with E-state index in [1.54, 1.807) is 36.5 Å².